The van der Waals surface area contributed by atoms with E-state index in [4.69, 9.17) is 0 Å². The molecule has 4 N–H and O–H groups in total. The van der Waals surface area contributed by atoms with Crippen LogP contribution in [0.3, 0.4) is 0 Å². The van der Waals surface area contributed by atoms with Crippen molar-refractivity contribution >= 4 is 8.60 Å². The maximum atomic E-state index is 10.3. The Balaban J connectivity index is 0. The van der Waals surface area contributed by atoms with Crippen LogP contribution in [0.4, 0.5) is 0 Å². The maximum absolute atomic E-state index is 10.3. The van der Waals surface area contributed by atoms with Crippen LogP contribution in [-0.4, -0.2) is 13.2 Å². The lowest BCUT2D eigenvalue weighted by molar-refractivity contribution is -0.203. The number of hydrogen-bond donors (Lipinski definition) is 1. The van der Waals surface area contributed by atoms with Gasteiger partial charge >= 0.3 is 0 Å². The molecule has 0 saturated carbocycles. The van der Waals surface area contributed by atoms with Gasteiger partial charge in [0.05, 0.1) is 8.60 Å². The molecule has 0 aromatic heterocycles. The van der Waals surface area contributed by atoms with Crippen LogP contribution in [0.1, 0.15) is 13.8 Å². The second-order valence-corrected chi connectivity index (χ2v) is 2.02. The summed E-state index contributed by atoms with van der Waals surface area (Å²) in [5.41, 5.74) is 0. The average molecular weight is 155 g/mol. The van der Waals surface area contributed by atoms with Crippen molar-refractivity contribution in [3.05, 3.63) is 0 Å². The Bertz CT molecular complexity index is 49.1. The largest absolute Gasteiger partial charge is 0.786 e. The molecular weight excluding hydrogens is 141 g/mol. The summed E-state index contributed by atoms with van der Waals surface area (Å²) >= 11 is 0. The van der Waals surface area contributed by atoms with Crippen molar-refractivity contribution < 1.29 is 13.9 Å². The van der Waals surface area contributed by atoms with E-state index in [1.807, 2.05) is 0 Å². The SMILES string of the molecule is CCOP([O-])OCC.[NH4+]. The first-order valence-electron chi connectivity index (χ1n) is 2.54. The fourth-order valence-electron chi connectivity index (χ4n) is 0.248. The predicted octanol–water partition coefficient (Wildman–Crippen LogP) is 1.02. The molecule has 0 aliphatic carbocycles. The zero-order valence-electron chi connectivity index (χ0n) is 6.09. The summed E-state index contributed by atoms with van der Waals surface area (Å²) in [5, 5.41) is 0. The molecule has 0 radical (unpaired) electrons. The van der Waals surface area contributed by atoms with Gasteiger partial charge < -0.3 is 20.1 Å². The molecule has 4 nitrogen and oxygen atoms in total. The maximum Gasteiger partial charge on any atom is 0.0828 e. The summed E-state index contributed by atoms with van der Waals surface area (Å²) < 4.78 is 9.14. The number of rotatable bonds is 4. The predicted molar refractivity (Wildman–Crippen MR) is 36.2 cm³/mol. The van der Waals surface area contributed by atoms with Crippen LogP contribution >= 0.6 is 8.60 Å². The van der Waals surface area contributed by atoms with Crippen LogP contribution in [0.15, 0.2) is 0 Å². The van der Waals surface area contributed by atoms with E-state index in [0.29, 0.717) is 13.2 Å². The van der Waals surface area contributed by atoms with Gasteiger partial charge in [0.25, 0.3) is 0 Å². The van der Waals surface area contributed by atoms with Crippen LogP contribution in [0.25, 0.3) is 0 Å². The van der Waals surface area contributed by atoms with Gasteiger partial charge in [0.2, 0.25) is 0 Å². The fraction of sp³-hybridized carbons (Fsp3) is 1.00. The third-order valence-corrected chi connectivity index (χ3v) is 1.41. The molecule has 0 aromatic rings. The topological polar surface area (TPSA) is 78.0 Å². The first-order valence-corrected chi connectivity index (χ1v) is 3.63. The minimum atomic E-state index is -1.83. The second kappa shape index (κ2) is 8.27. The molecule has 0 heterocycles. The standard InChI is InChI=1S/C4H10O3P.H3N/c1-3-6-8(5)7-4-2;/h3-4H2,1-2H3;1H3/q-1;/p+1. The smallest absolute Gasteiger partial charge is 0.0828 e. The number of quaternary nitrogens is 1. The normalized spacial score (nSPS) is 9.33. The van der Waals surface area contributed by atoms with E-state index >= 15 is 0 Å². The van der Waals surface area contributed by atoms with Gasteiger partial charge in [-0.2, -0.15) is 0 Å². The molecule has 0 unspecified atom stereocenters. The van der Waals surface area contributed by atoms with E-state index in [-0.39, 0.29) is 6.15 Å². The average Bonchev–Trinajstić information content (AvgIpc) is 1.68. The summed E-state index contributed by atoms with van der Waals surface area (Å²) in [4.78, 5) is 10.3. The van der Waals surface area contributed by atoms with Crippen LogP contribution in [0, 0.1) is 0 Å². The Morgan fingerprint density at radius 3 is 1.78 bits per heavy atom. The zero-order chi connectivity index (χ0) is 6.41. The molecule has 0 aliphatic heterocycles. The van der Waals surface area contributed by atoms with E-state index < -0.39 is 8.60 Å². The highest BCUT2D eigenvalue weighted by Gasteiger charge is 1.86. The second-order valence-electron chi connectivity index (χ2n) is 1.06. The third kappa shape index (κ3) is 8.27. The summed E-state index contributed by atoms with van der Waals surface area (Å²) in [7, 11) is -1.83. The van der Waals surface area contributed by atoms with Gasteiger partial charge in [0, 0.05) is 13.2 Å². The van der Waals surface area contributed by atoms with Gasteiger partial charge in [0.1, 0.15) is 0 Å². The Hall–Kier alpha value is 0.270. The molecule has 0 atom stereocenters. The van der Waals surface area contributed by atoms with Crippen molar-refractivity contribution in [3.63, 3.8) is 0 Å². The van der Waals surface area contributed by atoms with Gasteiger partial charge in [0.15, 0.2) is 0 Å². The Kier molecular flexibility index (Phi) is 11.0. The molecule has 0 aliphatic rings. The fourth-order valence-corrected chi connectivity index (χ4v) is 0.744. The first kappa shape index (κ1) is 12.0. The van der Waals surface area contributed by atoms with Crippen LogP contribution in [0.5, 0.6) is 0 Å². The van der Waals surface area contributed by atoms with Crippen LogP contribution in [0.2, 0.25) is 0 Å². The summed E-state index contributed by atoms with van der Waals surface area (Å²) in [5.74, 6) is 0. The highest BCUT2D eigenvalue weighted by atomic mass is 31.2. The molecule has 0 rings (SSSR count). The Labute approximate surface area is 56.8 Å². The van der Waals surface area contributed by atoms with Crippen LogP contribution < -0.4 is 11.0 Å². The Morgan fingerprint density at radius 2 is 1.56 bits per heavy atom. The molecule has 5 heteroatoms. The van der Waals surface area contributed by atoms with E-state index in [0.717, 1.165) is 0 Å². The van der Waals surface area contributed by atoms with E-state index in [1.165, 1.54) is 0 Å². The van der Waals surface area contributed by atoms with Crippen molar-refractivity contribution in [1.29, 1.82) is 0 Å². The van der Waals surface area contributed by atoms with Gasteiger partial charge in [-0.15, -0.1) is 0 Å². The van der Waals surface area contributed by atoms with Crippen molar-refractivity contribution in [3.8, 4) is 0 Å². The van der Waals surface area contributed by atoms with Crippen molar-refractivity contribution in [1.82, 2.24) is 6.15 Å². The van der Waals surface area contributed by atoms with Crippen molar-refractivity contribution in [2.24, 2.45) is 0 Å². The lowest BCUT2D eigenvalue weighted by Crippen LogP contribution is -2.01. The molecule has 0 bridgehead atoms. The molecule has 58 valence electrons. The summed E-state index contributed by atoms with van der Waals surface area (Å²) in [6.07, 6.45) is 0. The number of hydrogen-bond acceptors (Lipinski definition) is 3. The van der Waals surface area contributed by atoms with Gasteiger partial charge in [-0.3, -0.25) is 0 Å². The Morgan fingerprint density at radius 1 is 1.22 bits per heavy atom. The van der Waals surface area contributed by atoms with Gasteiger partial charge in [-0.05, 0) is 13.8 Å². The monoisotopic (exact) mass is 155 g/mol. The van der Waals surface area contributed by atoms with E-state index in [1.54, 1.807) is 13.8 Å². The van der Waals surface area contributed by atoms with Gasteiger partial charge in [-0.25, -0.2) is 0 Å². The molecular formula is C4H14NO3P. The highest BCUT2D eigenvalue weighted by molar-refractivity contribution is 7.39. The molecule has 0 amide bonds. The molecule has 0 spiro atoms. The molecule has 0 fully saturated rings. The highest BCUT2D eigenvalue weighted by Crippen LogP contribution is 2.26. The molecule has 0 aromatic carbocycles. The minimum absolute atomic E-state index is 0. The molecule has 9 heavy (non-hydrogen) atoms. The third-order valence-electron chi connectivity index (χ3n) is 0.469. The van der Waals surface area contributed by atoms with Crippen LogP contribution in [-0.2, 0) is 9.05 Å². The zero-order valence-corrected chi connectivity index (χ0v) is 6.98. The first-order chi connectivity index (χ1) is 3.81. The van der Waals surface area contributed by atoms with Crippen molar-refractivity contribution in [2.75, 3.05) is 13.2 Å². The van der Waals surface area contributed by atoms with Gasteiger partial charge in [-0.1, -0.05) is 0 Å². The summed E-state index contributed by atoms with van der Waals surface area (Å²) in [6, 6.07) is 0. The lowest BCUT2D eigenvalue weighted by Gasteiger charge is -2.19. The van der Waals surface area contributed by atoms with E-state index in [9.17, 15) is 4.89 Å². The minimum Gasteiger partial charge on any atom is -0.786 e. The van der Waals surface area contributed by atoms with E-state index in [2.05, 4.69) is 9.05 Å². The molecule has 0 saturated heterocycles. The quantitative estimate of drug-likeness (QED) is 0.615. The summed E-state index contributed by atoms with van der Waals surface area (Å²) in [6.45, 7) is 4.42. The lowest BCUT2D eigenvalue weighted by atomic mass is 10.9. The van der Waals surface area contributed by atoms with Crippen molar-refractivity contribution in [2.45, 2.75) is 13.8 Å².